The first-order chi connectivity index (χ1) is 18.8. The van der Waals surface area contributed by atoms with Crippen molar-refractivity contribution in [2.24, 2.45) is 7.05 Å². The maximum absolute atomic E-state index is 15.1. The summed E-state index contributed by atoms with van der Waals surface area (Å²) in [4.78, 5) is 39.6. The van der Waals surface area contributed by atoms with Gasteiger partial charge in [-0.2, -0.15) is 15.0 Å². The van der Waals surface area contributed by atoms with E-state index in [1.807, 2.05) is 6.07 Å². The molecule has 1 aliphatic carbocycles. The van der Waals surface area contributed by atoms with Crippen molar-refractivity contribution < 1.29 is 14.3 Å². The predicted molar refractivity (Wildman–Crippen MR) is 144 cm³/mol. The summed E-state index contributed by atoms with van der Waals surface area (Å²) in [6, 6.07) is 11.6. The summed E-state index contributed by atoms with van der Waals surface area (Å²) in [5.74, 6) is -0.303. The summed E-state index contributed by atoms with van der Waals surface area (Å²) >= 11 is 0. The summed E-state index contributed by atoms with van der Waals surface area (Å²) in [5, 5.41) is 13.4. The van der Waals surface area contributed by atoms with Gasteiger partial charge in [0.15, 0.2) is 5.82 Å². The van der Waals surface area contributed by atoms with Crippen LogP contribution in [0.4, 0.5) is 27.7 Å². The lowest BCUT2D eigenvalue weighted by molar-refractivity contribution is 0.0976. The molecule has 39 heavy (non-hydrogen) atoms. The van der Waals surface area contributed by atoms with E-state index in [1.54, 1.807) is 37.5 Å². The fourth-order valence-corrected chi connectivity index (χ4v) is 5.04. The third-order valence-electron chi connectivity index (χ3n) is 7.14. The fraction of sp³-hybridized carbons (Fsp3) is 0.250. The van der Waals surface area contributed by atoms with Crippen LogP contribution in [0.3, 0.4) is 0 Å². The second kappa shape index (κ2) is 9.59. The van der Waals surface area contributed by atoms with Crippen LogP contribution in [-0.4, -0.2) is 37.1 Å². The number of aromatic nitrogens is 4. The van der Waals surface area contributed by atoms with Crippen molar-refractivity contribution in [3.05, 3.63) is 87.1 Å². The molecule has 4 N–H and O–H groups in total. The zero-order valence-corrected chi connectivity index (χ0v) is 21.2. The SMILES string of the molecule is Cn1cc(Nc2nc(N)nc(-c3cccc(N4CCc5cc(C6CC6)cc(F)c5C4=O)c3CO)n2)ccc1=O. The highest BCUT2D eigenvalue weighted by Crippen LogP contribution is 2.42. The van der Waals surface area contributed by atoms with E-state index >= 15 is 4.39 Å². The van der Waals surface area contributed by atoms with Gasteiger partial charge >= 0.3 is 0 Å². The molecule has 2 aliphatic rings. The van der Waals surface area contributed by atoms with Gasteiger partial charge in [-0.25, -0.2) is 4.39 Å². The number of pyridine rings is 1. The Bertz CT molecular complexity index is 1680. The van der Waals surface area contributed by atoms with E-state index in [9.17, 15) is 14.7 Å². The molecule has 4 aromatic rings. The average molecular weight is 528 g/mol. The topological polar surface area (TPSA) is 139 Å². The lowest BCUT2D eigenvalue weighted by Crippen LogP contribution is -2.39. The number of nitrogens with one attached hydrogen (secondary N) is 1. The number of anilines is 4. The van der Waals surface area contributed by atoms with Crippen LogP contribution < -0.4 is 21.5 Å². The van der Waals surface area contributed by atoms with Gasteiger partial charge in [-0.3, -0.25) is 9.59 Å². The molecule has 2 aromatic heterocycles. The third kappa shape index (κ3) is 4.61. The Balaban J connectivity index is 1.36. The Morgan fingerprint density at radius 1 is 1.13 bits per heavy atom. The van der Waals surface area contributed by atoms with Crippen LogP contribution in [0.15, 0.2) is 53.5 Å². The average Bonchev–Trinajstić information content (AvgIpc) is 3.76. The van der Waals surface area contributed by atoms with E-state index in [0.29, 0.717) is 41.4 Å². The number of aliphatic hydroxyl groups is 1. The monoisotopic (exact) mass is 527 g/mol. The lowest BCUT2D eigenvalue weighted by atomic mass is 9.93. The van der Waals surface area contributed by atoms with Crippen LogP contribution in [0, 0.1) is 5.82 Å². The first-order valence-corrected chi connectivity index (χ1v) is 12.6. The predicted octanol–water partition coefficient (Wildman–Crippen LogP) is 3.27. The van der Waals surface area contributed by atoms with Gasteiger partial charge in [0.2, 0.25) is 17.5 Å². The van der Waals surface area contributed by atoms with Gasteiger partial charge < -0.3 is 25.6 Å². The minimum absolute atomic E-state index is 0.0573. The van der Waals surface area contributed by atoms with Gasteiger partial charge in [-0.15, -0.1) is 0 Å². The molecule has 0 spiro atoms. The van der Waals surface area contributed by atoms with Crippen molar-refractivity contribution in [1.82, 2.24) is 19.5 Å². The van der Waals surface area contributed by atoms with Gasteiger partial charge in [0.05, 0.1) is 23.5 Å². The van der Waals surface area contributed by atoms with Gasteiger partial charge in [-0.1, -0.05) is 18.2 Å². The molecule has 10 nitrogen and oxygen atoms in total. The first-order valence-electron chi connectivity index (χ1n) is 12.6. The normalized spacial score (nSPS) is 14.8. The molecule has 6 rings (SSSR count). The summed E-state index contributed by atoms with van der Waals surface area (Å²) in [7, 11) is 1.62. The Morgan fingerprint density at radius 3 is 2.69 bits per heavy atom. The fourth-order valence-electron chi connectivity index (χ4n) is 5.04. The van der Waals surface area contributed by atoms with Crippen LogP contribution in [-0.2, 0) is 20.1 Å². The molecule has 0 bridgehead atoms. The number of halogens is 1. The number of amides is 1. The van der Waals surface area contributed by atoms with E-state index in [2.05, 4.69) is 20.3 Å². The van der Waals surface area contributed by atoms with Crippen molar-refractivity contribution in [2.75, 3.05) is 22.5 Å². The number of aliphatic hydroxyl groups excluding tert-OH is 1. The number of nitrogens with zero attached hydrogens (tertiary/aromatic N) is 5. The Labute approximate surface area is 223 Å². The molecule has 3 heterocycles. The highest BCUT2D eigenvalue weighted by Gasteiger charge is 2.33. The molecular formula is C28H26FN7O3. The van der Waals surface area contributed by atoms with E-state index in [4.69, 9.17) is 5.73 Å². The van der Waals surface area contributed by atoms with Crippen LogP contribution >= 0.6 is 0 Å². The van der Waals surface area contributed by atoms with Crippen LogP contribution in [0.25, 0.3) is 11.4 Å². The van der Waals surface area contributed by atoms with E-state index in [1.165, 1.54) is 21.6 Å². The number of benzene rings is 2. The maximum Gasteiger partial charge on any atom is 0.261 e. The molecule has 198 valence electrons. The molecule has 1 aliphatic heterocycles. The third-order valence-corrected chi connectivity index (χ3v) is 7.14. The highest BCUT2D eigenvalue weighted by molar-refractivity contribution is 6.09. The Hall–Kier alpha value is -4.64. The highest BCUT2D eigenvalue weighted by atomic mass is 19.1. The van der Waals surface area contributed by atoms with Gasteiger partial charge in [0.1, 0.15) is 5.82 Å². The second-order valence-corrected chi connectivity index (χ2v) is 9.81. The minimum atomic E-state index is -0.509. The number of fused-ring (bicyclic) bond motifs is 1. The number of hydrogen-bond donors (Lipinski definition) is 3. The van der Waals surface area contributed by atoms with Crippen molar-refractivity contribution in [2.45, 2.75) is 31.8 Å². The molecule has 0 saturated heterocycles. The standard InChI is InChI=1S/C28H26FN7O3/c1-35-13-18(7-8-23(35)38)31-28-33-25(32-27(30)34-28)19-3-2-4-22(20(19)14-37)36-10-9-16-11-17(15-5-6-15)12-21(29)24(16)26(36)39/h2-4,7-8,11-13,15,37H,5-6,9-10,14H2,1H3,(H3,30,31,32,33,34). The van der Waals surface area contributed by atoms with Gasteiger partial charge in [0.25, 0.3) is 5.91 Å². The zero-order chi connectivity index (χ0) is 27.3. The molecule has 1 saturated carbocycles. The Kier molecular flexibility index (Phi) is 6.07. The number of rotatable bonds is 6. The molecular weight excluding hydrogens is 501 g/mol. The first kappa shape index (κ1) is 24.7. The molecule has 2 aromatic carbocycles. The number of carbonyl (C=O) groups excluding carboxylic acids is 1. The van der Waals surface area contributed by atoms with Crippen molar-refractivity contribution >= 4 is 29.2 Å². The number of hydrogen-bond acceptors (Lipinski definition) is 8. The van der Waals surface area contributed by atoms with Gasteiger partial charge in [0, 0.05) is 37.0 Å². The molecule has 11 heteroatoms. The Morgan fingerprint density at radius 2 is 1.95 bits per heavy atom. The molecule has 1 fully saturated rings. The van der Waals surface area contributed by atoms with Crippen molar-refractivity contribution in [3.63, 3.8) is 0 Å². The van der Waals surface area contributed by atoms with Crippen LogP contribution in [0.2, 0.25) is 0 Å². The second-order valence-electron chi connectivity index (χ2n) is 9.81. The smallest absolute Gasteiger partial charge is 0.261 e. The van der Waals surface area contributed by atoms with Crippen LogP contribution in [0.5, 0.6) is 0 Å². The summed E-state index contributed by atoms with van der Waals surface area (Å²) in [6.07, 6.45) is 4.19. The summed E-state index contributed by atoms with van der Waals surface area (Å²) < 4.78 is 16.5. The summed E-state index contributed by atoms with van der Waals surface area (Å²) in [6.45, 7) is -0.0743. The largest absolute Gasteiger partial charge is 0.392 e. The summed E-state index contributed by atoms with van der Waals surface area (Å²) in [5.41, 5.74) is 9.44. The number of nitrogen functional groups attached to an aromatic ring is 1. The minimum Gasteiger partial charge on any atom is -0.392 e. The molecule has 0 atom stereocenters. The lowest BCUT2D eigenvalue weighted by Gasteiger charge is -2.31. The van der Waals surface area contributed by atoms with Crippen molar-refractivity contribution in [3.8, 4) is 11.4 Å². The number of nitrogens with two attached hydrogens (primary N) is 1. The van der Waals surface area contributed by atoms with E-state index in [0.717, 1.165) is 24.0 Å². The number of carbonyl (C=O) groups is 1. The quantitative estimate of drug-likeness (QED) is 0.347. The zero-order valence-electron chi connectivity index (χ0n) is 21.2. The molecule has 1 amide bonds. The molecule has 0 radical (unpaired) electrons. The van der Waals surface area contributed by atoms with Gasteiger partial charge in [-0.05, 0) is 54.5 Å². The van der Waals surface area contributed by atoms with Crippen molar-refractivity contribution in [1.29, 1.82) is 0 Å². The van der Waals surface area contributed by atoms with Crippen LogP contribution in [0.1, 0.15) is 45.8 Å². The maximum atomic E-state index is 15.1. The van der Waals surface area contributed by atoms with E-state index < -0.39 is 18.3 Å². The molecule has 0 unspecified atom stereocenters. The number of aryl methyl sites for hydroxylation is 1. The van der Waals surface area contributed by atoms with E-state index in [-0.39, 0.29) is 28.8 Å².